The van der Waals surface area contributed by atoms with Gasteiger partial charge in [0.2, 0.25) is 5.91 Å². The van der Waals surface area contributed by atoms with Crippen LogP contribution >= 0.6 is 0 Å². The zero-order chi connectivity index (χ0) is 16.6. The highest BCUT2D eigenvalue weighted by atomic mass is 19.1. The number of amides is 1. The Bertz CT molecular complexity index is 564. The number of halogens is 1. The van der Waals surface area contributed by atoms with Crippen molar-refractivity contribution >= 4 is 5.91 Å². The Labute approximate surface area is 137 Å². The number of carbonyl (C=O) groups is 1. The van der Waals surface area contributed by atoms with Gasteiger partial charge >= 0.3 is 0 Å². The monoisotopic (exact) mass is 321 g/mol. The second kappa shape index (κ2) is 4.81. The fraction of sp³-hybridized carbons (Fsp3) is 0.842. The third kappa shape index (κ3) is 1.87. The standard InChI is InChI=1S/C19H28FNO2/c1-18-9-7-16(22)21(3)15(18)5-4-11-12(18)6-8-19(2)13(11)10-14(20)17(19)23/h7,9,11-15,17,23H,4-6,8,10H2,1-3H3/t11-,12+,13+,14+,15-,17-,18-,19+/m1/s1. The molecule has 0 spiro atoms. The number of nitrogens with zero attached hydrogens (tertiary/aromatic N) is 1. The van der Waals surface area contributed by atoms with E-state index < -0.39 is 12.3 Å². The summed E-state index contributed by atoms with van der Waals surface area (Å²) in [6.45, 7) is 4.38. The molecule has 4 aliphatic rings. The second-order valence-corrected chi connectivity index (χ2v) is 8.86. The van der Waals surface area contributed by atoms with Crippen LogP contribution in [0.2, 0.25) is 0 Å². The normalized spacial score (nSPS) is 55.3. The molecule has 3 fully saturated rings. The van der Waals surface area contributed by atoms with Crippen LogP contribution in [-0.2, 0) is 4.79 Å². The number of rotatable bonds is 0. The summed E-state index contributed by atoms with van der Waals surface area (Å²) in [5.41, 5.74) is -0.268. The number of aliphatic hydroxyl groups excluding tert-OH is 1. The molecule has 0 aromatic carbocycles. The molecular weight excluding hydrogens is 293 g/mol. The van der Waals surface area contributed by atoms with Gasteiger partial charge in [-0.1, -0.05) is 19.9 Å². The predicted octanol–water partition coefficient (Wildman–Crippen LogP) is 2.93. The van der Waals surface area contributed by atoms with Gasteiger partial charge in [-0.3, -0.25) is 4.79 Å². The third-order valence-corrected chi connectivity index (χ3v) is 8.06. The molecule has 1 aliphatic heterocycles. The lowest BCUT2D eigenvalue weighted by Crippen LogP contribution is -2.59. The maximum Gasteiger partial charge on any atom is 0.246 e. The van der Waals surface area contributed by atoms with Gasteiger partial charge in [-0.05, 0) is 61.3 Å². The molecule has 1 heterocycles. The Hall–Kier alpha value is -0.900. The van der Waals surface area contributed by atoms with Gasteiger partial charge < -0.3 is 10.0 Å². The van der Waals surface area contributed by atoms with Crippen molar-refractivity contribution in [3.8, 4) is 0 Å². The lowest BCUT2D eigenvalue weighted by Gasteiger charge is -2.59. The Morgan fingerprint density at radius 1 is 1.26 bits per heavy atom. The van der Waals surface area contributed by atoms with E-state index >= 15 is 0 Å². The first-order valence-corrected chi connectivity index (χ1v) is 9.07. The maximum absolute atomic E-state index is 14.2. The molecule has 0 radical (unpaired) electrons. The van der Waals surface area contributed by atoms with Crippen molar-refractivity contribution in [1.82, 2.24) is 4.90 Å². The van der Waals surface area contributed by atoms with Crippen molar-refractivity contribution in [1.29, 1.82) is 0 Å². The highest BCUT2D eigenvalue weighted by molar-refractivity contribution is 5.89. The van der Waals surface area contributed by atoms with Crippen molar-refractivity contribution in [3.05, 3.63) is 12.2 Å². The van der Waals surface area contributed by atoms with Gasteiger partial charge in [0.15, 0.2) is 0 Å². The number of fused-ring (bicyclic) bond motifs is 5. The molecule has 4 heteroatoms. The van der Waals surface area contributed by atoms with Gasteiger partial charge in [0, 0.05) is 18.5 Å². The van der Waals surface area contributed by atoms with Gasteiger partial charge in [-0.25, -0.2) is 4.39 Å². The summed E-state index contributed by atoms with van der Waals surface area (Å²) in [6, 6.07) is 0.262. The van der Waals surface area contributed by atoms with E-state index in [-0.39, 0.29) is 28.7 Å². The van der Waals surface area contributed by atoms with E-state index in [1.807, 2.05) is 11.9 Å². The average molecular weight is 321 g/mol. The van der Waals surface area contributed by atoms with Gasteiger partial charge in [0.1, 0.15) is 6.17 Å². The molecule has 1 amide bonds. The molecule has 0 saturated heterocycles. The number of hydrogen-bond acceptors (Lipinski definition) is 2. The smallest absolute Gasteiger partial charge is 0.246 e. The predicted molar refractivity (Wildman–Crippen MR) is 86.4 cm³/mol. The van der Waals surface area contributed by atoms with E-state index in [4.69, 9.17) is 0 Å². The van der Waals surface area contributed by atoms with E-state index in [1.54, 1.807) is 6.08 Å². The van der Waals surface area contributed by atoms with E-state index in [9.17, 15) is 14.3 Å². The molecule has 0 aromatic rings. The zero-order valence-corrected chi connectivity index (χ0v) is 14.3. The first-order chi connectivity index (χ1) is 10.8. The van der Waals surface area contributed by atoms with Crippen molar-refractivity contribution in [2.45, 2.75) is 64.3 Å². The van der Waals surface area contributed by atoms with Gasteiger partial charge in [-0.2, -0.15) is 0 Å². The summed E-state index contributed by atoms with van der Waals surface area (Å²) in [6.07, 6.45) is 6.48. The van der Waals surface area contributed by atoms with Crippen LogP contribution in [0.15, 0.2) is 12.2 Å². The van der Waals surface area contributed by atoms with Crippen LogP contribution in [0.3, 0.4) is 0 Å². The molecule has 23 heavy (non-hydrogen) atoms. The lowest BCUT2D eigenvalue weighted by molar-refractivity contribution is -0.140. The van der Waals surface area contributed by atoms with Crippen molar-refractivity contribution in [2.75, 3.05) is 7.05 Å². The Balaban J connectivity index is 1.70. The minimum atomic E-state index is -1.07. The van der Waals surface area contributed by atoms with Crippen LogP contribution in [0, 0.1) is 28.6 Å². The van der Waals surface area contributed by atoms with Gasteiger partial charge in [0.25, 0.3) is 0 Å². The van der Waals surface area contributed by atoms with E-state index in [0.717, 1.165) is 25.7 Å². The molecular formula is C19H28FNO2. The quantitative estimate of drug-likeness (QED) is 0.745. The van der Waals surface area contributed by atoms with Crippen molar-refractivity contribution in [3.63, 3.8) is 0 Å². The fourth-order valence-corrected chi connectivity index (χ4v) is 6.68. The Kier molecular flexibility index (Phi) is 3.27. The zero-order valence-electron chi connectivity index (χ0n) is 14.3. The molecule has 8 atom stereocenters. The maximum atomic E-state index is 14.2. The number of carbonyl (C=O) groups excluding carboxylic acids is 1. The minimum absolute atomic E-state index is 0.00768. The van der Waals surface area contributed by atoms with Gasteiger partial charge in [0.05, 0.1) is 6.10 Å². The molecule has 4 rings (SSSR count). The molecule has 3 saturated carbocycles. The van der Waals surface area contributed by atoms with E-state index in [1.165, 1.54) is 0 Å². The third-order valence-electron chi connectivity index (χ3n) is 8.06. The molecule has 128 valence electrons. The van der Waals surface area contributed by atoms with Crippen LogP contribution in [0.1, 0.15) is 46.0 Å². The number of likely N-dealkylation sites (N-methyl/N-ethyl adjacent to an activating group) is 1. The number of alkyl halides is 1. The SMILES string of the molecule is CN1C(=O)C=C[C@]2(C)[C@H]3CC[C@]4(C)[C@H](O)[C@@H](F)C[C@H]4[C@@H]3CC[C@@H]12. The summed E-state index contributed by atoms with van der Waals surface area (Å²) in [5, 5.41) is 10.4. The summed E-state index contributed by atoms with van der Waals surface area (Å²) in [7, 11) is 1.92. The topological polar surface area (TPSA) is 40.5 Å². The molecule has 0 bridgehead atoms. The summed E-state index contributed by atoms with van der Waals surface area (Å²) >= 11 is 0. The fourth-order valence-electron chi connectivity index (χ4n) is 6.68. The van der Waals surface area contributed by atoms with E-state index in [0.29, 0.717) is 18.3 Å². The molecule has 0 aromatic heterocycles. The van der Waals surface area contributed by atoms with Crippen LogP contribution in [0.5, 0.6) is 0 Å². The molecule has 0 unspecified atom stereocenters. The van der Waals surface area contributed by atoms with Crippen molar-refractivity contribution in [2.24, 2.45) is 28.6 Å². The highest BCUT2D eigenvalue weighted by Gasteiger charge is 2.62. The minimum Gasteiger partial charge on any atom is -0.390 e. The Morgan fingerprint density at radius 2 is 2.00 bits per heavy atom. The molecule has 1 N–H and O–H groups in total. The van der Waals surface area contributed by atoms with Crippen LogP contribution in [0.25, 0.3) is 0 Å². The first-order valence-electron chi connectivity index (χ1n) is 9.07. The molecule has 3 aliphatic carbocycles. The van der Waals surface area contributed by atoms with Crippen LogP contribution in [0.4, 0.5) is 4.39 Å². The summed E-state index contributed by atoms with van der Waals surface area (Å²) in [5.74, 6) is 1.34. The van der Waals surface area contributed by atoms with Gasteiger partial charge in [-0.15, -0.1) is 0 Å². The van der Waals surface area contributed by atoms with Crippen molar-refractivity contribution < 1.29 is 14.3 Å². The second-order valence-electron chi connectivity index (χ2n) is 8.86. The summed E-state index contributed by atoms with van der Waals surface area (Å²) in [4.78, 5) is 13.9. The highest BCUT2D eigenvalue weighted by Crippen LogP contribution is 2.64. The largest absolute Gasteiger partial charge is 0.390 e. The number of aliphatic hydroxyl groups is 1. The number of hydrogen-bond donors (Lipinski definition) is 1. The van der Waals surface area contributed by atoms with E-state index in [2.05, 4.69) is 19.9 Å². The molecule has 3 nitrogen and oxygen atoms in total. The summed E-state index contributed by atoms with van der Waals surface area (Å²) < 4.78 is 14.2. The average Bonchev–Trinajstić information content (AvgIpc) is 2.75. The lowest BCUT2D eigenvalue weighted by atomic mass is 9.48. The Morgan fingerprint density at radius 3 is 2.74 bits per heavy atom. The first kappa shape index (κ1) is 15.6. The van der Waals surface area contributed by atoms with Crippen LogP contribution in [-0.4, -0.2) is 41.3 Å². The van der Waals surface area contributed by atoms with Crippen LogP contribution < -0.4 is 0 Å².